The van der Waals surface area contributed by atoms with E-state index in [0.717, 1.165) is 11.1 Å². The van der Waals surface area contributed by atoms with Crippen LogP contribution in [0.1, 0.15) is 35.0 Å². The van der Waals surface area contributed by atoms with Gasteiger partial charge < -0.3 is 15.2 Å². The topological polar surface area (TPSA) is 88.5 Å². The number of hydrogen-bond acceptors (Lipinski definition) is 5. The van der Waals surface area contributed by atoms with Crippen molar-refractivity contribution in [2.75, 3.05) is 6.61 Å². The highest BCUT2D eigenvalue weighted by Gasteiger charge is 2.46. The van der Waals surface area contributed by atoms with Crippen molar-refractivity contribution in [1.29, 1.82) is 0 Å². The second kappa shape index (κ2) is 6.93. The van der Waals surface area contributed by atoms with Crippen LogP contribution in [0.2, 0.25) is 0 Å². The van der Waals surface area contributed by atoms with Crippen molar-refractivity contribution in [3.05, 3.63) is 59.4 Å². The molecule has 1 aliphatic carbocycles. The van der Waals surface area contributed by atoms with Crippen LogP contribution < -0.4 is 5.32 Å². The average molecular weight is 340 g/mol. The van der Waals surface area contributed by atoms with E-state index < -0.39 is 17.4 Å². The minimum Gasteiger partial charge on any atom is -0.505 e. The Kier molecular flexibility index (Phi) is 4.70. The molecule has 2 aromatic rings. The van der Waals surface area contributed by atoms with E-state index in [2.05, 4.69) is 10.3 Å². The molecule has 25 heavy (non-hydrogen) atoms. The van der Waals surface area contributed by atoms with Gasteiger partial charge in [-0.25, -0.2) is 9.78 Å². The smallest absolute Gasteiger partial charge is 0.332 e. The number of fused-ring (bicyclic) bond motifs is 1. The standard InChI is InChI=1S/C19H20N2O4/c1-2-10-25-18(24)19(11-13-6-3-4-7-14(13)12-19)21-17(23)16-15(22)8-5-9-20-16/h3-9,22H,2,10-12H2,1H3,(H,21,23). The second-order valence-electron chi connectivity index (χ2n) is 6.17. The van der Waals surface area contributed by atoms with Gasteiger partial charge in [-0.1, -0.05) is 31.2 Å². The van der Waals surface area contributed by atoms with E-state index >= 15 is 0 Å². The van der Waals surface area contributed by atoms with Gasteiger partial charge in [-0.05, 0) is 29.7 Å². The summed E-state index contributed by atoms with van der Waals surface area (Å²) >= 11 is 0. The normalized spacial score (nSPS) is 14.6. The Balaban J connectivity index is 1.89. The Morgan fingerprint density at radius 1 is 1.20 bits per heavy atom. The van der Waals surface area contributed by atoms with E-state index in [0.29, 0.717) is 25.9 Å². The molecule has 0 saturated heterocycles. The average Bonchev–Trinajstić information content (AvgIpc) is 2.99. The van der Waals surface area contributed by atoms with Crippen molar-refractivity contribution in [3.63, 3.8) is 0 Å². The van der Waals surface area contributed by atoms with E-state index in [1.165, 1.54) is 18.3 Å². The van der Waals surface area contributed by atoms with Gasteiger partial charge in [0.2, 0.25) is 0 Å². The van der Waals surface area contributed by atoms with Gasteiger partial charge in [-0.15, -0.1) is 0 Å². The third-order valence-electron chi connectivity index (χ3n) is 4.29. The summed E-state index contributed by atoms with van der Waals surface area (Å²) in [5.74, 6) is -1.29. The predicted molar refractivity (Wildman–Crippen MR) is 91.2 cm³/mol. The minimum atomic E-state index is -1.18. The first-order chi connectivity index (χ1) is 12.1. The van der Waals surface area contributed by atoms with E-state index in [4.69, 9.17) is 4.74 Å². The lowest BCUT2D eigenvalue weighted by Crippen LogP contribution is -2.56. The number of aromatic hydroxyl groups is 1. The van der Waals surface area contributed by atoms with Crippen LogP contribution >= 0.6 is 0 Å². The van der Waals surface area contributed by atoms with E-state index in [9.17, 15) is 14.7 Å². The maximum absolute atomic E-state index is 12.7. The number of carbonyl (C=O) groups excluding carboxylic acids is 2. The van der Waals surface area contributed by atoms with Gasteiger partial charge in [-0.3, -0.25) is 4.79 Å². The van der Waals surface area contributed by atoms with Gasteiger partial charge in [0.25, 0.3) is 5.91 Å². The molecular formula is C19H20N2O4. The molecule has 0 aliphatic heterocycles. The molecule has 1 amide bonds. The molecule has 2 N–H and O–H groups in total. The predicted octanol–water partition coefficient (Wildman–Crippen LogP) is 2.01. The molecule has 1 aliphatic rings. The molecule has 0 spiro atoms. The number of hydrogen-bond donors (Lipinski definition) is 2. The van der Waals surface area contributed by atoms with Gasteiger partial charge in [0.1, 0.15) is 11.3 Å². The van der Waals surface area contributed by atoms with Crippen molar-refractivity contribution in [1.82, 2.24) is 10.3 Å². The summed E-state index contributed by atoms with van der Waals surface area (Å²) in [6.07, 6.45) is 2.82. The first kappa shape index (κ1) is 17.0. The van der Waals surface area contributed by atoms with Crippen LogP contribution in [0.5, 0.6) is 5.75 Å². The highest BCUT2D eigenvalue weighted by molar-refractivity contribution is 5.99. The summed E-state index contributed by atoms with van der Waals surface area (Å²) in [7, 11) is 0. The molecule has 1 aromatic heterocycles. The fraction of sp³-hybridized carbons (Fsp3) is 0.316. The van der Waals surface area contributed by atoms with Gasteiger partial charge in [0.05, 0.1) is 6.61 Å². The van der Waals surface area contributed by atoms with E-state index in [1.807, 2.05) is 31.2 Å². The quantitative estimate of drug-likeness (QED) is 0.813. The number of aromatic nitrogens is 1. The number of esters is 1. The largest absolute Gasteiger partial charge is 0.505 e. The Hall–Kier alpha value is -2.89. The number of carbonyl (C=O) groups is 2. The molecule has 0 bridgehead atoms. The lowest BCUT2D eigenvalue weighted by molar-refractivity contribution is -0.151. The zero-order chi connectivity index (χ0) is 17.9. The maximum atomic E-state index is 12.7. The molecule has 6 heteroatoms. The summed E-state index contributed by atoms with van der Waals surface area (Å²) in [6, 6.07) is 10.6. The van der Waals surface area contributed by atoms with Gasteiger partial charge in [0.15, 0.2) is 5.69 Å². The number of benzene rings is 1. The first-order valence-electron chi connectivity index (χ1n) is 8.26. The number of rotatable bonds is 5. The van der Waals surface area contributed by atoms with Crippen molar-refractivity contribution < 1.29 is 19.4 Å². The fourth-order valence-corrected chi connectivity index (χ4v) is 3.08. The molecule has 0 unspecified atom stereocenters. The van der Waals surface area contributed by atoms with Gasteiger partial charge in [0, 0.05) is 19.0 Å². The molecule has 0 radical (unpaired) electrons. The highest BCUT2D eigenvalue weighted by Crippen LogP contribution is 2.32. The van der Waals surface area contributed by atoms with Crippen molar-refractivity contribution >= 4 is 11.9 Å². The van der Waals surface area contributed by atoms with Crippen LogP contribution in [-0.2, 0) is 22.4 Å². The second-order valence-corrected chi connectivity index (χ2v) is 6.17. The number of pyridine rings is 1. The summed E-state index contributed by atoms with van der Waals surface area (Å²) in [6.45, 7) is 2.20. The van der Waals surface area contributed by atoms with Crippen LogP contribution in [0.4, 0.5) is 0 Å². The molecule has 130 valence electrons. The van der Waals surface area contributed by atoms with Gasteiger partial charge >= 0.3 is 5.97 Å². The van der Waals surface area contributed by atoms with Crippen molar-refractivity contribution in [2.45, 2.75) is 31.7 Å². The third kappa shape index (κ3) is 3.33. The molecule has 6 nitrogen and oxygen atoms in total. The minimum absolute atomic E-state index is 0.110. The van der Waals surface area contributed by atoms with Crippen molar-refractivity contribution in [3.8, 4) is 5.75 Å². The zero-order valence-electron chi connectivity index (χ0n) is 14.0. The number of nitrogens with zero attached hydrogens (tertiary/aromatic N) is 1. The van der Waals surface area contributed by atoms with Crippen LogP contribution in [0.25, 0.3) is 0 Å². The molecule has 0 atom stereocenters. The van der Waals surface area contributed by atoms with Crippen LogP contribution in [-0.4, -0.2) is 34.1 Å². The Morgan fingerprint density at radius 3 is 2.48 bits per heavy atom. The first-order valence-corrected chi connectivity index (χ1v) is 8.26. The monoisotopic (exact) mass is 340 g/mol. The SMILES string of the molecule is CCCOC(=O)C1(NC(=O)c2ncccc2O)Cc2ccccc2C1. The lowest BCUT2D eigenvalue weighted by Gasteiger charge is -2.28. The number of nitrogens with one attached hydrogen (secondary N) is 1. The summed E-state index contributed by atoms with van der Waals surface area (Å²) in [5, 5.41) is 12.6. The fourth-order valence-electron chi connectivity index (χ4n) is 3.08. The van der Waals surface area contributed by atoms with Crippen LogP contribution in [0.15, 0.2) is 42.6 Å². The van der Waals surface area contributed by atoms with E-state index in [1.54, 1.807) is 0 Å². The highest BCUT2D eigenvalue weighted by atomic mass is 16.5. The van der Waals surface area contributed by atoms with Crippen LogP contribution in [0.3, 0.4) is 0 Å². The number of amides is 1. The molecule has 3 rings (SSSR count). The lowest BCUT2D eigenvalue weighted by atomic mass is 9.95. The van der Waals surface area contributed by atoms with Crippen LogP contribution in [0, 0.1) is 0 Å². The Labute approximate surface area is 145 Å². The molecule has 1 aromatic carbocycles. The number of ether oxygens (including phenoxy) is 1. The van der Waals surface area contributed by atoms with E-state index in [-0.39, 0.29) is 11.4 Å². The third-order valence-corrected chi connectivity index (χ3v) is 4.29. The Bertz CT molecular complexity index is 779. The van der Waals surface area contributed by atoms with Gasteiger partial charge in [-0.2, -0.15) is 0 Å². The summed E-state index contributed by atoms with van der Waals surface area (Å²) < 4.78 is 5.34. The maximum Gasteiger partial charge on any atom is 0.332 e. The Morgan fingerprint density at radius 2 is 1.88 bits per heavy atom. The van der Waals surface area contributed by atoms with Crippen molar-refractivity contribution in [2.24, 2.45) is 0 Å². The molecule has 0 fully saturated rings. The molecule has 1 heterocycles. The summed E-state index contributed by atoms with van der Waals surface area (Å²) in [5.41, 5.74) is 0.712. The molecular weight excluding hydrogens is 320 g/mol. The zero-order valence-corrected chi connectivity index (χ0v) is 14.0. The summed E-state index contributed by atoms with van der Waals surface area (Å²) in [4.78, 5) is 29.2. The molecule has 0 saturated carbocycles.